The average Bonchev–Trinajstić information content (AvgIpc) is 3.83. The van der Waals surface area contributed by atoms with Gasteiger partial charge in [-0.3, -0.25) is 0 Å². The Hall–Kier alpha value is -7.56. The van der Waals surface area contributed by atoms with Crippen LogP contribution >= 0.6 is 0 Å². The van der Waals surface area contributed by atoms with Gasteiger partial charge in [0, 0.05) is 49.5 Å². The van der Waals surface area contributed by atoms with Crippen LogP contribution in [-0.2, 0) is 0 Å². The van der Waals surface area contributed by atoms with Gasteiger partial charge in [0.15, 0.2) is 5.82 Å². The van der Waals surface area contributed by atoms with Crippen LogP contribution in [0.1, 0.15) is 0 Å². The summed E-state index contributed by atoms with van der Waals surface area (Å²) >= 11 is 0. The first-order chi connectivity index (χ1) is 27.8. The van der Waals surface area contributed by atoms with Crippen LogP contribution in [0.4, 0.5) is 0 Å². The number of fused-ring (bicyclic) bond motifs is 6. The molecular formula is C52H33N3O. The Kier molecular flexibility index (Phi) is 7.46. The lowest BCUT2D eigenvalue weighted by molar-refractivity contribution is 0.671. The molecule has 0 saturated carbocycles. The molecule has 0 N–H and O–H groups in total. The van der Waals surface area contributed by atoms with Crippen molar-refractivity contribution in [1.29, 1.82) is 0 Å². The number of benzene rings is 8. The van der Waals surface area contributed by atoms with E-state index in [9.17, 15) is 0 Å². The number of nitrogens with zero attached hydrogens (tertiary/aromatic N) is 3. The van der Waals surface area contributed by atoms with Crippen molar-refractivity contribution in [1.82, 2.24) is 14.5 Å². The van der Waals surface area contributed by atoms with Crippen LogP contribution in [0.25, 0.3) is 106 Å². The Labute approximate surface area is 323 Å². The van der Waals surface area contributed by atoms with E-state index in [4.69, 9.17) is 14.4 Å². The molecule has 0 aliphatic heterocycles. The molecule has 11 rings (SSSR count). The standard InChI is InChI=1S/C52H33N3O/c1-5-15-34(16-6-1)37-27-29-48-44(31-37)45-32-38(28-30-49(45)55(48)39-21-11-4-12-22-39)40-23-13-24-41-42-25-14-26-43(51(42)56-50(40)41)47-33-46(35-17-7-2-8-18-35)53-52(54-47)36-19-9-3-10-20-36/h1-33H. The Morgan fingerprint density at radius 3 is 1.52 bits per heavy atom. The third kappa shape index (κ3) is 5.31. The first-order valence-electron chi connectivity index (χ1n) is 18.9. The maximum Gasteiger partial charge on any atom is 0.160 e. The topological polar surface area (TPSA) is 43.9 Å². The number of rotatable bonds is 6. The minimum atomic E-state index is 0.675. The zero-order valence-electron chi connectivity index (χ0n) is 30.3. The molecule has 0 unspecified atom stereocenters. The smallest absolute Gasteiger partial charge is 0.160 e. The van der Waals surface area contributed by atoms with E-state index in [-0.39, 0.29) is 0 Å². The lowest BCUT2D eigenvalue weighted by Gasteiger charge is -2.09. The summed E-state index contributed by atoms with van der Waals surface area (Å²) in [6.07, 6.45) is 0. The molecule has 0 aliphatic carbocycles. The van der Waals surface area contributed by atoms with Gasteiger partial charge in [0.1, 0.15) is 11.2 Å². The van der Waals surface area contributed by atoms with Crippen LogP contribution < -0.4 is 0 Å². The Morgan fingerprint density at radius 2 is 0.857 bits per heavy atom. The fourth-order valence-corrected chi connectivity index (χ4v) is 8.16. The number of furan rings is 1. The minimum absolute atomic E-state index is 0.675. The molecule has 0 saturated heterocycles. The molecule has 0 radical (unpaired) electrons. The molecule has 0 spiro atoms. The third-order valence-electron chi connectivity index (χ3n) is 10.8. The summed E-state index contributed by atoms with van der Waals surface area (Å²) in [5, 5.41) is 4.52. The predicted molar refractivity (Wildman–Crippen MR) is 231 cm³/mol. The molecule has 0 aliphatic rings. The average molecular weight is 716 g/mol. The second-order valence-electron chi connectivity index (χ2n) is 14.2. The largest absolute Gasteiger partial charge is 0.455 e. The molecule has 0 amide bonds. The van der Waals surface area contributed by atoms with Crippen LogP contribution in [-0.4, -0.2) is 14.5 Å². The third-order valence-corrected chi connectivity index (χ3v) is 10.8. The highest BCUT2D eigenvalue weighted by Crippen LogP contribution is 2.42. The van der Waals surface area contributed by atoms with Crippen LogP contribution in [0.3, 0.4) is 0 Å². The van der Waals surface area contributed by atoms with Gasteiger partial charge in [-0.1, -0.05) is 152 Å². The molecule has 3 heterocycles. The molecule has 4 heteroatoms. The Morgan fingerprint density at radius 1 is 0.339 bits per heavy atom. The summed E-state index contributed by atoms with van der Waals surface area (Å²) in [5.74, 6) is 0.675. The fourth-order valence-electron chi connectivity index (χ4n) is 8.16. The van der Waals surface area contributed by atoms with Crippen molar-refractivity contribution in [2.24, 2.45) is 0 Å². The Bertz CT molecular complexity index is 3160. The minimum Gasteiger partial charge on any atom is -0.455 e. The maximum atomic E-state index is 7.00. The quantitative estimate of drug-likeness (QED) is 0.172. The summed E-state index contributed by atoms with van der Waals surface area (Å²) in [4.78, 5) is 10.2. The molecule has 56 heavy (non-hydrogen) atoms. The molecule has 0 atom stereocenters. The summed E-state index contributed by atoms with van der Waals surface area (Å²) in [5.41, 5.74) is 14.3. The molecule has 4 nitrogen and oxygen atoms in total. The highest BCUT2D eigenvalue weighted by Gasteiger charge is 2.20. The first kappa shape index (κ1) is 31.9. The molecule has 0 bridgehead atoms. The maximum absolute atomic E-state index is 7.00. The molecule has 0 fully saturated rings. The van der Waals surface area contributed by atoms with E-state index >= 15 is 0 Å². The normalized spacial score (nSPS) is 11.6. The van der Waals surface area contributed by atoms with Gasteiger partial charge in [0.05, 0.1) is 22.4 Å². The van der Waals surface area contributed by atoms with Gasteiger partial charge in [-0.05, 0) is 65.2 Å². The van der Waals surface area contributed by atoms with Crippen molar-refractivity contribution in [2.45, 2.75) is 0 Å². The monoisotopic (exact) mass is 715 g/mol. The van der Waals surface area contributed by atoms with Crippen molar-refractivity contribution in [3.05, 3.63) is 200 Å². The van der Waals surface area contributed by atoms with Crippen LogP contribution in [0.2, 0.25) is 0 Å². The van der Waals surface area contributed by atoms with E-state index in [2.05, 4.69) is 168 Å². The van der Waals surface area contributed by atoms with Crippen molar-refractivity contribution in [3.8, 4) is 61.8 Å². The Balaban J connectivity index is 1.11. The van der Waals surface area contributed by atoms with E-state index in [1.54, 1.807) is 0 Å². The van der Waals surface area contributed by atoms with Gasteiger partial charge in [-0.25, -0.2) is 9.97 Å². The molecule has 3 aromatic heterocycles. The number of aromatic nitrogens is 3. The second kappa shape index (κ2) is 13.1. The highest BCUT2D eigenvalue weighted by molar-refractivity contribution is 6.15. The van der Waals surface area contributed by atoms with E-state index in [1.165, 1.54) is 27.4 Å². The van der Waals surface area contributed by atoms with Crippen molar-refractivity contribution in [2.75, 3.05) is 0 Å². The number of para-hydroxylation sites is 3. The van der Waals surface area contributed by atoms with E-state index in [0.29, 0.717) is 5.82 Å². The summed E-state index contributed by atoms with van der Waals surface area (Å²) < 4.78 is 9.37. The van der Waals surface area contributed by atoms with E-state index < -0.39 is 0 Å². The lowest BCUT2D eigenvalue weighted by Crippen LogP contribution is -1.96. The first-order valence-corrected chi connectivity index (χ1v) is 18.9. The fraction of sp³-hybridized carbons (Fsp3) is 0. The van der Waals surface area contributed by atoms with Gasteiger partial charge < -0.3 is 8.98 Å². The van der Waals surface area contributed by atoms with Crippen LogP contribution in [0.15, 0.2) is 205 Å². The zero-order valence-corrected chi connectivity index (χ0v) is 30.3. The summed E-state index contributed by atoms with van der Waals surface area (Å²) in [6, 6.07) is 70.2. The van der Waals surface area contributed by atoms with Crippen LogP contribution in [0, 0.1) is 0 Å². The molecule has 262 valence electrons. The van der Waals surface area contributed by atoms with Gasteiger partial charge in [-0.2, -0.15) is 0 Å². The summed E-state index contributed by atoms with van der Waals surface area (Å²) in [6.45, 7) is 0. The SMILES string of the molecule is c1ccc(-c2ccc3c(c2)c2cc(-c4cccc5c4oc4c(-c6cc(-c7ccccc7)nc(-c7ccccc7)n6)cccc45)ccc2n3-c2ccccc2)cc1. The molecular weight excluding hydrogens is 683 g/mol. The molecule has 11 aromatic rings. The van der Waals surface area contributed by atoms with Gasteiger partial charge in [0.25, 0.3) is 0 Å². The van der Waals surface area contributed by atoms with Crippen molar-refractivity contribution in [3.63, 3.8) is 0 Å². The van der Waals surface area contributed by atoms with Crippen molar-refractivity contribution < 1.29 is 4.42 Å². The van der Waals surface area contributed by atoms with E-state index in [1.807, 2.05) is 36.4 Å². The van der Waals surface area contributed by atoms with Gasteiger partial charge >= 0.3 is 0 Å². The van der Waals surface area contributed by atoms with Crippen LogP contribution in [0.5, 0.6) is 0 Å². The predicted octanol–water partition coefficient (Wildman–Crippen LogP) is 13.8. The number of hydrogen-bond donors (Lipinski definition) is 0. The highest BCUT2D eigenvalue weighted by atomic mass is 16.3. The van der Waals surface area contributed by atoms with Crippen molar-refractivity contribution >= 4 is 43.7 Å². The second-order valence-corrected chi connectivity index (χ2v) is 14.2. The van der Waals surface area contributed by atoms with E-state index in [0.717, 1.165) is 72.3 Å². The zero-order chi connectivity index (χ0) is 37.0. The molecule has 8 aromatic carbocycles. The lowest BCUT2D eigenvalue weighted by atomic mass is 9.98. The van der Waals surface area contributed by atoms with Gasteiger partial charge in [-0.15, -0.1) is 0 Å². The number of hydrogen-bond acceptors (Lipinski definition) is 3. The van der Waals surface area contributed by atoms with Gasteiger partial charge in [0.2, 0.25) is 0 Å². The summed E-state index contributed by atoms with van der Waals surface area (Å²) in [7, 11) is 0.